The molecule has 5 heteroatoms. The molecule has 0 heterocycles. The number of carboxylic acids is 1. The van der Waals surface area contributed by atoms with Crippen molar-refractivity contribution >= 4 is 5.97 Å². The van der Waals surface area contributed by atoms with Gasteiger partial charge in [-0.2, -0.15) is 0 Å². The third kappa shape index (κ3) is 1.44. The first-order valence-corrected chi connectivity index (χ1v) is 5.55. The van der Waals surface area contributed by atoms with Crippen molar-refractivity contribution in [2.45, 2.75) is 31.6 Å². The van der Waals surface area contributed by atoms with Crippen LogP contribution in [0, 0.1) is 17.3 Å². The molecule has 2 aliphatic rings. The number of carboxylic acid groups (broad SMARTS) is 1. The Labute approximate surface area is 92.8 Å². The molecule has 0 amide bonds. The van der Waals surface area contributed by atoms with Crippen LogP contribution in [0.1, 0.15) is 25.7 Å². The maximum atomic E-state index is 13.6. The summed E-state index contributed by atoms with van der Waals surface area (Å²) in [6.45, 7) is 0.0741. The molecule has 0 aliphatic heterocycles. The molecule has 2 aliphatic carbocycles. The summed E-state index contributed by atoms with van der Waals surface area (Å²) in [4.78, 5) is 10.7. The normalized spacial score (nSPS) is 40.9. The maximum Gasteiger partial charge on any atom is 0.306 e. The highest BCUT2D eigenvalue weighted by Gasteiger charge is 2.79. The Morgan fingerprint density at radius 3 is 2.44 bits per heavy atom. The minimum absolute atomic E-state index is 0.0741. The number of methoxy groups -OCH3 is 1. The molecule has 3 nitrogen and oxygen atoms in total. The van der Waals surface area contributed by atoms with E-state index in [4.69, 9.17) is 9.84 Å². The summed E-state index contributed by atoms with van der Waals surface area (Å²) in [7, 11) is 1.42. The van der Waals surface area contributed by atoms with Gasteiger partial charge in [0.25, 0.3) is 5.92 Å². The van der Waals surface area contributed by atoms with Crippen molar-refractivity contribution in [3.63, 3.8) is 0 Å². The van der Waals surface area contributed by atoms with E-state index in [1.807, 2.05) is 0 Å². The minimum atomic E-state index is -2.66. The van der Waals surface area contributed by atoms with Gasteiger partial charge in [0.2, 0.25) is 0 Å². The Kier molecular flexibility index (Phi) is 2.69. The Bertz CT molecular complexity index is 296. The van der Waals surface area contributed by atoms with Crippen LogP contribution >= 0.6 is 0 Å². The molecule has 0 aromatic heterocycles. The van der Waals surface area contributed by atoms with E-state index in [2.05, 4.69) is 0 Å². The molecule has 1 unspecified atom stereocenters. The van der Waals surface area contributed by atoms with Crippen LogP contribution < -0.4 is 0 Å². The van der Waals surface area contributed by atoms with Crippen LogP contribution in [-0.2, 0) is 9.53 Å². The van der Waals surface area contributed by atoms with Gasteiger partial charge in [-0.1, -0.05) is 0 Å². The smallest absolute Gasteiger partial charge is 0.306 e. The first-order valence-electron chi connectivity index (χ1n) is 5.55. The molecule has 0 aromatic carbocycles. The Hall–Kier alpha value is -0.710. The highest BCUT2D eigenvalue weighted by atomic mass is 19.3. The van der Waals surface area contributed by atoms with Gasteiger partial charge in [-0.15, -0.1) is 0 Å². The molecule has 2 fully saturated rings. The molecular formula is C11H16F2O3. The zero-order valence-corrected chi connectivity index (χ0v) is 9.21. The van der Waals surface area contributed by atoms with E-state index in [1.165, 1.54) is 7.11 Å². The molecule has 1 atom stereocenters. The lowest BCUT2D eigenvalue weighted by molar-refractivity contribution is -0.143. The van der Waals surface area contributed by atoms with Crippen molar-refractivity contribution in [3.8, 4) is 0 Å². The number of hydrogen-bond acceptors (Lipinski definition) is 2. The van der Waals surface area contributed by atoms with Crippen LogP contribution in [0.4, 0.5) is 8.78 Å². The number of carbonyl (C=O) groups is 1. The van der Waals surface area contributed by atoms with Crippen LogP contribution in [0.25, 0.3) is 0 Å². The lowest BCUT2D eigenvalue weighted by atomic mass is 9.78. The van der Waals surface area contributed by atoms with E-state index in [0.717, 1.165) is 0 Å². The van der Waals surface area contributed by atoms with E-state index < -0.39 is 29.1 Å². The third-order valence-electron chi connectivity index (χ3n) is 4.25. The van der Waals surface area contributed by atoms with Crippen LogP contribution in [0.15, 0.2) is 0 Å². The van der Waals surface area contributed by atoms with Gasteiger partial charge in [-0.25, -0.2) is 8.78 Å². The molecule has 1 spiro atoms. The van der Waals surface area contributed by atoms with Gasteiger partial charge in [-0.3, -0.25) is 4.79 Å². The summed E-state index contributed by atoms with van der Waals surface area (Å²) in [6.07, 6.45) is 1.35. The molecule has 16 heavy (non-hydrogen) atoms. The number of alkyl halides is 2. The first kappa shape index (κ1) is 11.8. The SMILES string of the molecule is COCC1C(F)(F)C12CCC(C(=O)O)CC2. The van der Waals surface area contributed by atoms with Crippen molar-refractivity contribution in [2.24, 2.45) is 17.3 Å². The Morgan fingerprint density at radius 1 is 1.44 bits per heavy atom. The fraction of sp³-hybridized carbons (Fsp3) is 0.909. The average molecular weight is 234 g/mol. The zero-order chi connectivity index (χ0) is 12.0. The maximum absolute atomic E-state index is 13.6. The van der Waals surface area contributed by atoms with Crippen molar-refractivity contribution in [2.75, 3.05) is 13.7 Å². The van der Waals surface area contributed by atoms with Gasteiger partial charge < -0.3 is 9.84 Å². The number of ether oxygens (including phenoxy) is 1. The third-order valence-corrected chi connectivity index (χ3v) is 4.25. The predicted octanol–water partition coefficient (Wildman–Crippen LogP) is 2.16. The van der Waals surface area contributed by atoms with Crippen molar-refractivity contribution in [1.82, 2.24) is 0 Å². The van der Waals surface area contributed by atoms with Gasteiger partial charge >= 0.3 is 5.97 Å². The van der Waals surface area contributed by atoms with Crippen LogP contribution in [0.3, 0.4) is 0 Å². The molecule has 2 saturated carbocycles. The van der Waals surface area contributed by atoms with Gasteiger partial charge in [0.05, 0.1) is 18.4 Å². The number of halogens is 2. The average Bonchev–Trinajstić information content (AvgIpc) is 2.66. The summed E-state index contributed by atoms with van der Waals surface area (Å²) in [5.74, 6) is -4.67. The van der Waals surface area contributed by atoms with Crippen molar-refractivity contribution in [1.29, 1.82) is 0 Å². The van der Waals surface area contributed by atoms with Crippen LogP contribution in [0.5, 0.6) is 0 Å². The molecule has 1 N–H and O–H groups in total. The number of aliphatic carboxylic acids is 1. The fourth-order valence-corrected chi connectivity index (χ4v) is 3.08. The Balaban J connectivity index is 2.00. The predicted molar refractivity (Wildman–Crippen MR) is 52.3 cm³/mol. The monoisotopic (exact) mass is 234 g/mol. The summed E-state index contributed by atoms with van der Waals surface area (Å²) >= 11 is 0. The summed E-state index contributed by atoms with van der Waals surface area (Å²) < 4.78 is 32.1. The van der Waals surface area contributed by atoms with Gasteiger partial charge in [0, 0.05) is 12.5 Å². The molecule has 0 bridgehead atoms. The second-order valence-electron chi connectivity index (χ2n) is 4.90. The molecular weight excluding hydrogens is 218 g/mol. The quantitative estimate of drug-likeness (QED) is 0.814. The van der Waals surface area contributed by atoms with Crippen LogP contribution in [0.2, 0.25) is 0 Å². The Morgan fingerprint density at radius 2 is 2.00 bits per heavy atom. The minimum Gasteiger partial charge on any atom is -0.481 e. The number of rotatable bonds is 3. The lowest BCUT2D eigenvalue weighted by Crippen LogP contribution is -2.25. The second kappa shape index (κ2) is 3.65. The molecule has 0 radical (unpaired) electrons. The summed E-state index contributed by atoms with van der Waals surface area (Å²) in [5, 5.41) is 8.82. The highest BCUT2D eigenvalue weighted by molar-refractivity contribution is 5.70. The van der Waals surface area contributed by atoms with Gasteiger partial charge in [-0.05, 0) is 25.7 Å². The van der Waals surface area contributed by atoms with E-state index in [1.54, 1.807) is 0 Å². The van der Waals surface area contributed by atoms with Crippen molar-refractivity contribution < 1.29 is 23.4 Å². The molecule has 0 saturated heterocycles. The lowest BCUT2D eigenvalue weighted by Gasteiger charge is -2.26. The highest BCUT2D eigenvalue weighted by Crippen LogP contribution is 2.72. The zero-order valence-electron chi connectivity index (χ0n) is 9.21. The fourth-order valence-electron chi connectivity index (χ4n) is 3.08. The van der Waals surface area contributed by atoms with Crippen LogP contribution in [-0.4, -0.2) is 30.7 Å². The van der Waals surface area contributed by atoms with Gasteiger partial charge in [0.1, 0.15) is 0 Å². The van der Waals surface area contributed by atoms with Crippen molar-refractivity contribution in [3.05, 3.63) is 0 Å². The van der Waals surface area contributed by atoms with E-state index in [0.29, 0.717) is 25.7 Å². The largest absolute Gasteiger partial charge is 0.481 e. The topological polar surface area (TPSA) is 46.5 Å². The van der Waals surface area contributed by atoms with E-state index >= 15 is 0 Å². The standard InChI is InChI=1S/C11H16F2O3/c1-16-6-8-10(11(8,12)13)4-2-7(3-5-10)9(14)15/h7-8H,2-6H2,1H3,(H,14,15). The van der Waals surface area contributed by atoms with Gasteiger partial charge in [0.15, 0.2) is 0 Å². The number of hydrogen-bond donors (Lipinski definition) is 1. The summed E-state index contributed by atoms with van der Waals surface area (Å²) in [5.41, 5.74) is -0.963. The van der Waals surface area contributed by atoms with E-state index in [9.17, 15) is 13.6 Å². The molecule has 92 valence electrons. The second-order valence-corrected chi connectivity index (χ2v) is 4.90. The molecule has 2 rings (SSSR count). The first-order chi connectivity index (χ1) is 7.45. The van der Waals surface area contributed by atoms with E-state index in [-0.39, 0.29) is 6.61 Å². The summed E-state index contributed by atoms with van der Waals surface area (Å²) in [6, 6.07) is 0. The molecule has 0 aromatic rings.